The Balaban J connectivity index is 2.18. The zero-order valence-corrected chi connectivity index (χ0v) is 13.1. The number of nitrogen functional groups attached to an aromatic ring is 1. The highest BCUT2D eigenvalue weighted by Gasteiger charge is 2.22. The SMILES string of the molecule is CS(=O)(=O)c1cccc2c1nc(N)n2C1CCCCCC1. The number of rotatable bonds is 2. The lowest BCUT2D eigenvalue weighted by atomic mass is 10.1. The fourth-order valence-corrected chi connectivity index (χ4v) is 4.14. The highest BCUT2D eigenvalue weighted by molar-refractivity contribution is 7.91. The second-order valence-corrected chi connectivity index (χ2v) is 7.87. The van der Waals surface area contributed by atoms with E-state index in [-0.39, 0.29) is 4.90 Å². The van der Waals surface area contributed by atoms with Gasteiger partial charge in [-0.25, -0.2) is 13.4 Å². The Morgan fingerprint density at radius 2 is 1.86 bits per heavy atom. The van der Waals surface area contributed by atoms with Gasteiger partial charge in [-0.2, -0.15) is 0 Å². The maximum absolute atomic E-state index is 11.9. The van der Waals surface area contributed by atoms with E-state index in [0.29, 0.717) is 17.5 Å². The number of imidazole rings is 1. The Labute approximate surface area is 125 Å². The van der Waals surface area contributed by atoms with Crippen molar-refractivity contribution < 1.29 is 8.42 Å². The Hall–Kier alpha value is -1.56. The topological polar surface area (TPSA) is 78.0 Å². The van der Waals surface area contributed by atoms with E-state index in [1.807, 2.05) is 10.6 Å². The summed E-state index contributed by atoms with van der Waals surface area (Å²) in [5.74, 6) is 0.424. The monoisotopic (exact) mass is 307 g/mol. The second kappa shape index (κ2) is 5.33. The van der Waals surface area contributed by atoms with Gasteiger partial charge in [-0.05, 0) is 25.0 Å². The van der Waals surface area contributed by atoms with Crippen LogP contribution in [0.3, 0.4) is 0 Å². The third kappa shape index (κ3) is 2.64. The summed E-state index contributed by atoms with van der Waals surface area (Å²) < 4.78 is 25.9. The van der Waals surface area contributed by atoms with Gasteiger partial charge in [-0.1, -0.05) is 31.7 Å². The lowest BCUT2D eigenvalue weighted by molar-refractivity contribution is 0.459. The first-order chi connectivity index (χ1) is 9.98. The predicted octanol–water partition coefficient (Wildman–Crippen LogP) is 2.92. The van der Waals surface area contributed by atoms with E-state index in [1.54, 1.807) is 12.1 Å². The van der Waals surface area contributed by atoms with E-state index in [4.69, 9.17) is 5.73 Å². The average molecular weight is 307 g/mol. The maximum atomic E-state index is 11.9. The lowest BCUT2D eigenvalue weighted by Gasteiger charge is -2.18. The molecule has 1 aromatic carbocycles. The van der Waals surface area contributed by atoms with Crippen molar-refractivity contribution >= 4 is 26.8 Å². The van der Waals surface area contributed by atoms with E-state index in [1.165, 1.54) is 31.9 Å². The van der Waals surface area contributed by atoms with Gasteiger partial charge in [-0.15, -0.1) is 0 Å². The number of anilines is 1. The van der Waals surface area contributed by atoms with Crippen molar-refractivity contribution in [2.24, 2.45) is 0 Å². The van der Waals surface area contributed by atoms with Crippen LogP contribution in [0.1, 0.15) is 44.6 Å². The molecule has 0 saturated heterocycles. The molecule has 0 bridgehead atoms. The number of para-hydroxylation sites is 1. The predicted molar refractivity (Wildman–Crippen MR) is 84.0 cm³/mol. The summed E-state index contributed by atoms with van der Waals surface area (Å²) in [5.41, 5.74) is 7.44. The molecule has 6 heteroatoms. The molecular weight excluding hydrogens is 286 g/mol. The Bertz CT molecular complexity index is 757. The van der Waals surface area contributed by atoms with Crippen LogP contribution in [0.25, 0.3) is 11.0 Å². The molecule has 1 aliphatic carbocycles. The smallest absolute Gasteiger partial charge is 0.201 e. The van der Waals surface area contributed by atoms with Crippen LogP contribution in [0.5, 0.6) is 0 Å². The highest BCUT2D eigenvalue weighted by Crippen LogP contribution is 2.34. The summed E-state index contributed by atoms with van der Waals surface area (Å²) >= 11 is 0. The van der Waals surface area contributed by atoms with Crippen molar-refractivity contribution in [3.05, 3.63) is 18.2 Å². The molecule has 1 aromatic heterocycles. The van der Waals surface area contributed by atoms with Crippen LogP contribution < -0.4 is 5.73 Å². The van der Waals surface area contributed by atoms with Gasteiger partial charge in [-0.3, -0.25) is 0 Å². The number of hydrogen-bond donors (Lipinski definition) is 1. The lowest BCUT2D eigenvalue weighted by Crippen LogP contribution is -2.11. The molecule has 0 amide bonds. The van der Waals surface area contributed by atoms with Crippen molar-refractivity contribution in [2.75, 3.05) is 12.0 Å². The van der Waals surface area contributed by atoms with Gasteiger partial charge in [0.25, 0.3) is 0 Å². The minimum Gasteiger partial charge on any atom is -0.369 e. The highest BCUT2D eigenvalue weighted by atomic mass is 32.2. The Morgan fingerprint density at radius 3 is 2.48 bits per heavy atom. The van der Waals surface area contributed by atoms with E-state index >= 15 is 0 Å². The van der Waals surface area contributed by atoms with E-state index in [2.05, 4.69) is 4.98 Å². The van der Waals surface area contributed by atoms with Crippen LogP contribution in [0.4, 0.5) is 5.95 Å². The molecule has 0 spiro atoms. The molecule has 1 aliphatic rings. The molecule has 2 N–H and O–H groups in total. The summed E-state index contributed by atoms with van der Waals surface area (Å²) in [6, 6.07) is 5.61. The minimum atomic E-state index is -3.30. The van der Waals surface area contributed by atoms with Gasteiger partial charge >= 0.3 is 0 Å². The van der Waals surface area contributed by atoms with Crippen LogP contribution >= 0.6 is 0 Å². The Morgan fingerprint density at radius 1 is 1.19 bits per heavy atom. The first kappa shape index (κ1) is 14.4. The zero-order valence-electron chi connectivity index (χ0n) is 12.2. The quantitative estimate of drug-likeness (QED) is 0.865. The van der Waals surface area contributed by atoms with Crippen molar-refractivity contribution in [3.8, 4) is 0 Å². The van der Waals surface area contributed by atoms with E-state index < -0.39 is 9.84 Å². The molecule has 1 fully saturated rings. The summed E-state index contributed by atoms with van der Waals surface area (Å²) in [4.78, 5) is 4.61. The average Bonchev–Trinajstić information content (AvgIpc) is 2.61. The van der Waals surface area contributed by atoms with Crippen LogP contribution in [0.2, 0.25) is 0 Å². The van der Waals surface area contributed by atoms with Crippen LogP contribution in [-0.4, -0.2) is 24.2 Å². The van der Waals surface area contributed by atoms with Gasteiger partial charge in [0.2, 0.25) is 5.95 Å². The first-order valence-electron chi connectivity index (χ1n) is 7.45. The molecule has 5 nitrogen and oxygen atoms in total. The van der Waals surface area contributed by atoms with Crippen molar-refractivity contribution in [1.29, 1.82) is 0 Å². The Kier molecular flexibility index (Phi) is 3.65. The summed E-state index contributed by atoms with van der Waals surface area (Å²) in [6.45, 7) is 0. The molecule has 21 heavy (non-hydrogen) atoms. The third-order valence-corrected chi connectivity index (χ3v) is 5.43. The normalized spacial score (nSPS) is 18.0. The number of sulfone groups is 1. The van der Waals surface area contributed by atoms with Gasteiger partial charge in [0.1, 0.15) is 5.52 Å². The van der Waals surface area contributed by atoms with Crippen LogP contribution in [-0.2, 0) is 9.84 Å². The molecule has 0 atom stereocenters. The summed E-state index contributed by atoms with van der Waals surface area (Å²) in [5, 5.41) is 0. The number of aromatic nitrogens is 2. The summed E-state index contributed by atoms with van der Waals surface area (Å²) in [6.07, 6.45) is 8.28. The molecule has 1 heterocycles. The molecule has 1 saturated carbocycles. The molecule has 0 unspecified atom stereocenters. The third-order valence-electron chi connectivity index (χ3n) is 4.30. The molecule has 3 rings (SSSR count). The number of benzene rings is 1. The minimum absolute atomic E-state index is 0.263. The standard InChI is InChI=1S/C15H21N3O2S/c1-21(19,20)13-10-6-9-12-14(13)17-15(16)18(12)11-7-4-2-3-5-8-11/h6,9-11H,2-5,7-8H2,1H3,(H2,16,17). The van der Waals surface area contributed by atoms with Crippen molar-refractivity contribution in [3.63, 3.8) is 0 Å². The molecule has 0 radical (unpaired) electrons. The number of hydrogen-bond acceptors (Lipinski definition) is 4. The van der Waals surface area contributed by atoms with Crippen molar-refractivity contribution in [1.82, 2.24) is 9.55 Å². The molecule has 0 aliphatic heterocycles. The number of nitrogens with zero attached hydrogens (tertiary/aromatic N) is 2. The first-order valence-corrected chi connectivity index (χ1v) is 9.34. The fraction of sp³-hybridized carbons (Fsp3) is 0.533. The second-order valence-electron chi connectivity index (χ2n) is 5.88. The van der Waals surface area contributed by atoms with E-state index in [0.717, 1.165) is 18.4 Å². The van der Waals surface area contributed by atoms with Gasteiger partial charge < -0.3 is 10.3 Å². The summed E-state index contributed by atoms with van der Waals surface area (Å²) in [7, 11) is -3.30. The fourth-order valence-electron chi connectivity index (χ4n) is 3.31. The number of nitrogens with two attached hydrogens (primary N) is 1. The van der Waals surface area contributed by atoms with Crippen molar-refractivity contribution in [2.45, 2.75) is 49.5 Å². The molecular formula is C15H21N3O2S. The molecule has 114 valence electrons. The van der Waals surface area contributed by atoms with Gasteiger partial charge in [0, 0.05) is 12.3 Å². The van der Waals surface area contributed by atoms with Gasteiger partial charge in [0.05, 0.1) is 10.4 Å². The van der Waals surface area contributed by atoms with Crippen LogP contribution in [0, 0.1) is 0 Å². The van der Waals surface area contributed by atoms with E-state index in [9.17, 15) is 8.42 Å². The maximum Gasteiger partial charge on any atom is 0.201 e. The zero-order chi connectivity index (χ0) is 15.0. The number of fused-ring (bicyclic) bond motifs is 1. The van der Waals surface area contributed by atoms with Crippen LogP contribution in [0.15, 0.2) is 23.1 Å². The molecule has 2 aromatic rings. The largest absolute Gasteiger partial charge is 0.369 e. The van der Waals surface area contributed by atoms with Gasteiger partial charge in [0.15, 0.2) is 9.84 Å².